The normalized spacial score (nSPS) is 15.3. The van der Waals surface area contributed by atoms with Gasteiger partial charge in [-0.2, -0.15) is 0 Å². The summed E-state index contributed by atoms with van der Waals surface area (Å²) in [5.41, 5.74) is -1.31. The second-order valence-electron chi connectivity index (χ2n) is 5.26. The molecule has 0 aliphatic carbocycles. The molecule has 1 unspecified atom stereocenters. The van der Waals surface area contributed by atoms with E-state index in [0.29, 0.717) is 0 Å². The standard InChI is InChI=1S/C10H19FO2/c1-9(2,3)7(11)8(12)13-10(4,5)6/h7H,1-6H3. The van der Waals surface area contributed by atoms with Crippen molar-refractivity contribution in [2.75, 3.05) is 0 Å². The van der Waals surface area contributed by atoms with Gasteiger partial charge in [0.15, 0.2) is 0 Å². The molecule has 0 heterocycles. The molecule has 0 spiro atoms. The van der Waals surface area contributed by atoms with E-state index < -0.39 is 23.2 Å². The van der Waals surface area contributed by atoms with Crippen LogP contribution in [0, 0.1) is 5.41 Å². The summed E-state index contributed by atoms with van der Waals surface area (Å²) < 4.78 is 18.3. The van der Waals surface area contributed by atoms with Gasteiger partial charge < -0.3 is 4.74 Å². The first-order valence-corrected chi connectivity index (χ1v) is 4.41. The Morgan fingerprint density at radius 3 is 1.77 bits per heavy atom. The quantitative estimate of drug-likeness (QED) is 0.594. The molecular formula is C10H19FO2. The monoisotopic (exact) mass is 190 g/mol. The average molecular weight is 190 g/mol. The summed E-state index contributed by atoms with van der Waals surface area (Å²) in [6, 6.07) is 0. The van der Waals surface area contributed by atoms with Gasteiger partial charge >= 0.3 is 5.97 Å². The molecule has 0 radical (unpaired) electrons. The summed E-state index contributed by atoms with van der Waals surface area (Å²) in [5.74, 6) is -0.778. The largest absolute Gasteiger partial charge is 0.458 e. The van der Waals surface area contributed by atoms with Crippen LogP contribution in [-0.2, 0) is 9.53 Å². The first-order valence-electron chi connectivity index (χ1n) is 4.41. The first-order chi connectivity index (χ1) is 5.54. The Morgan fingerprint density at radius 1 is 1.15 bits per heavy atom. The van der Waals surface area contributed by atoms with Gasteiger partial charge in [0.1, 0.15) is 5.60 Å². The Labute approximate surface area is 79.5 Å². The first kappa shape index (κ1) is 12.4. The minimum atomic E-state index is -1.56. The molecule has 0 amide bonds. The molecule has 13 heavy (non-hydrogen) atoms. The van der Waals surface area contributed by atoms with E-state index in [1.807, 2.05) is 0 Å². The lowest BCUT2D eigenvalue weighted by Crippen LogP contribution is -2.36. The Balaban J connectivity index is 4.30. The molecule has 0 N–H and O–H groups in total. The van der Waals surface area contributed by atoms with E-state index in [1.54, 1.807) is 41.5 Å². The van der Waals surface area contributed by atoms with Crippen LogP contribution in [0.15, 0.2) is 0 Å². The van der Waals surface area contributed by atoms with Gasteiger partial charge in [-0.05, 0) is 20.8 Å². The van der Waals surface area contributed by atoms with Crippen LogP contribution in [0.3, 0.4) is 0 Å². The molecular weight excluding hydrogens is 171 g/mol. The topological polar surface area (TPSA) is 26.3 Å². The molecule has 1 atom stereocenters. The van der Waals surface area contributed by atoms with Gasteiger partial charge in [-0.25, -0.2) is 9.18 Å². The number of esters is 1. The maximum absolute atomic E-state index is 13.4. The molecule has 0 saturated carbocycles. The Kier molecular flexibility index (Phi) is 3.47. The van der Waals surface area contributed by atoms with Crippen LogP contribution in [0.1, 0.15) is 41.5 Å². The van der Waals surface area contributed by atoms with E-state index in [4.69, 9.17) is 4.74 Å². The Hall–Kier alpha value is -0.600. The minimum absolute atomic E-state index is 0.618. The van der Waals surface area contributed by atoms with Gasteiger partial charge in [-0.15, -0.1) is 0 Å². The van der Waals surface area contributed by atoms with Gasteiger partial charge in [0.25, 0.3) is 0 Å². The van der Waals surface area contributed by atoms with E-state index in [2.05, 4.69) is 0 Å². The summed E-state index contributed by atoms with van der Waals surface area (Å²) in [7, 11) is 0. The molecule has 0 aromatic rings. The highest BCUT2D eigenvalue weighted by atomic mass is 19.1. The zero-order valence-electron chi connectivity index (χ0n) is 9.27. The van der Waals surface area contributed by atoms with Crippen molar-refractivity contribution in [2.45, 2.75) is 53.3 Å². The second kappa shape index (κ2) is 3.64. The molecule has 0 saturated heterocycles. The molecule has 2 nitrogen and oxygen atoms in total. The van der Waals surface area contributed by atoms with E-state index >= 15 is 0 Å². The summed E-state index contributed by atoms with van der Waals surface area (Å²) in [6.45, 7) is 10.2. The van der Waals surface area contributed by atoms with Crippen LogP contribution in [0.4, 0.5) is 4.39 Å². The van der Waals surface area contributed by atoms with Crippen molar-refractivity contribution in [1.29, 1.82) is 0 Å². The maximum atomic E-state index is 13.4. The molecule has 0 rings (SSSR count). The maximum Gasteiger partial charge on any atom is 0.341 e. The van der Waals surface area contributed by atoms with E-state index in [0.717, 1.165) is 0 Å². The SMILES string of the molecule is CC(C)(C)OC(=O)C(F)C(C)(C)C. The summed E-state index contributed by atoms with van der Waals surface area (Å²) >= 11 is 0. The van der Waals surface area contributed by atoms with Crippen molar-refractivity contribution in [1.82, 2.24) is 0 Å². The Bertz CT molecular complexity index is 186. The highest BCUT2D eigenvalue weighted by Crippen LogP contribution is 2.24. The predicted octanol–water partition coefficient (Wildman–Crippen LogP) is 2.71. The van der Waals surface area contributed by atoms with Gasteiger partial charge in [0, 0.05) is 5.41 Å². The number of carbonyl (C=O) groups excluding carboxylic acids is 1. The van der Waals surface area contributed by atoms with E-state index in [1.165, 1.54) is 0 Å². The van der Waals surface area contributed by atoms with Crippen molar-refractivity contribution in [3.63, 3.8) is 0 Å². The molecule has 0 bridgehead atoms. The van der Waals surface area contributed by atoms with Gasteiger partial charge in [0.2, 0.25) is 6.17 Å². The van der Waals surface area contributed by atoms with Gasteiger partial charge in [0.05, 0.1) is 0 Å². The molecule has 0 aliphatic rings. The van der Waals surface area contributed by atoms with Gasteiger partial charge in [-0.3, -0.25) is 0 Å². The second-order valence-corrected chi connectivity index (χ2v) is 5.26. The number of rotatable bonds is 1. The molecule has 0 aromatic carbocycles. The minimum Gasteiger partial charge on any atom is -0.458 e. The lowest BCUT2D eigenvalue weighted by molar-refractivity contribution is -0.165. The van der Waals surface area contributed by atoms with Crippen LogP contribution in [-0.4, -0.2) is 17.7 Å². The highest BCUT2D eigenvalue weighted by molar-refractivity contribution is 5.75. The van der Waals surface area contributed by atoms with Crippen LogP contribution < -0.4 is 0 Å². The fourth-order valence-electron chi connectivity index (χ4n) is 0.707. The van der Waals surface area contributed by atoms with Crippen molar-refractivity contribution in [2.24, 2.45) is 5.41 Å². The van der Waals surface area contributed by atoms with Crippen LogP contribution in [0.5, 0.6) is 0 Å². The van der Waals surface area contributed by atoms with Crippen molar-refractivity contribution in [3.05, 3.63) is 0 Å². The zero-order chi connectivity index (χ0) is 10.9. The van der Waals surface area contributed by atoms with Crippen LogP contribution in [0.25, 0.3) is 0 Å². The Morgan fingerprint density at radius 2 is 1.54 bits per heavy atom. The van der Waals surface area contributed by atoms with Crippen LogP contribution in [0.2, 0.25) is 0 Å². The number of hydrogen-bond donors (Lipinski definition) is 0. The molecule has 0 fully saturated rings. The van der Waals surface area contributed by atoms with Gasteiger partial charge in [-0.1, -0.05) is 20.8 Å². The number of halogens is 1. The smallest absolute Gasteiger partial charge is 0.341 e. The van der Waals surface area contributed by atoms with Crippen molar-refractivity contribution < 1.29 is 13.9 Å². The summed E-state index contributed by atoms with van der Waals surface area (Å²) in [6.07, 6.45) is -1.56. The van der Waals surface area contributed by atoms with Crippen molar-refractivity contribution in [3.8, 4) is 0 Å². The lowest BCUT2D eigenvalue weighted by Gasteiger charge is -2.26. The average Bonchev–Trinajstić information content (AvgIpc) is 1.79. The molecule has 0 aliphatic heterocycles. The lowest BCUT2D eigenvalue weighted by atomic mass is 9.90. The zero-order valence-corrected chi connectivity index (χ0v) is 9.27. The third-order valence-corrected chi connectivity index (χ3v) is 1.37. The highest BCUT2D eigenvalue weighted by Gasteiger charge is 2.34. The number of alkyl halides is 1. The molecule has 3 heteroatoms. The number of carbonyl (C=O) groups is 1. The number of hydrogen-bond acceptors (Lipinski definition) is 2. The third kappa shape index (κ3) is 4.86. The fraction of sp³-hybridized carbons (Fsp3) is 0.900. The van der Waals surface area contributed by atoms with E-state index in [-0.39, 0.29) is 0 Å². The summed E-state index contributed by atoms with van der Waals surface area (Å²) in [4.78, 5) is 11.2. The van der Waals surface area contributed by atoms with Crippen molar-refractivity contribution >= 4 is 5.97 Å². The fourth-order valence-corrected chi connectivity index (χ4v) is 0.707. The molecule has 0 aromatic heterocycles. The third-order valence-electron chi connectivity index (χ3n) is 1.37. The van der Waals surface area contributed by atoms with Crippen LogP contribution >= 0.6 is 0 Å². The summed E-state index contributed by atoms with van der Waals surface area (Å²) in [5, 5.41) is 0. The number of ether oxygens (including phenoxy) is 1. The molecule has 78 valence electrons. The predicted molar refractivity (Wildman–Crippen MR) is 50.2 cm³/mol. The van der Waals surface area contributed by atoms with E-state index in [9.17, 15) is 9.18 Å².